The molecule has 0 radical (unpaired) electrons. The van der Waals surface area contributed by atoms with Gasteiger partial charge in [-0.15, -0.1) is 24.8 Å². The molecule has 1 saturated heterocycles. The number of halogens is 2. The molecule has 0 bridgehead atoms. The minimum Gasteiger partial charge on any atom is -0.474 e. The molecular formula is C13H17Cl2N3O. The molecule has 1 aromatic carbocycles. The number of nitrogens with one attached hydrogen (secondary N) is 1. The number of benzene rings is 1. The van der Waals surface area contributed by atoms with Gasteiger partial charge in [0, 0.05) is 0 Å². The van der Waals surface area contributed by atoms with Crippen LogP contribution in [0.2, 0.25) is 0 Å². The van der Waals surface area contributed by atoms with E-state index < -0.39 is 0 Å². The minimum absolute atomic E-state index is 0. The molecule has 19 heavy (non-hydrogen) atoms. The summed E-state index contributed by atoms with van der Waals surface area (Å²) in [5, 5.41) is 4.32. The minimum atomic E-state index is 0. The Balaban J connectivity index is 0.000000902. The lowest BCUT2D eigenvalue weighted by Crippen LogP contribution is -2.34. The highest BCUT2D eigenvalue weighted by Crippen LogP contribution is 2.23. The van der Waals surface area contributed by atoms with Crippen molar-refractivity contribution in [3.8, 4) is 5.88 Å². The molecule has 104 valence electrons. The first-order valence-corrected chi connectivity index (χ1v) is 6.00. The highest BCUT2D eigenvalue weighted by atomic mass is 35.5. The van der Waals surface area contributed by atoms with Crippen LogP contribution in [0.1, 0.15) is 12.8 Å². The molecule has 4 nitrogen and oxygen atoms in total. The molecule has 1 aromatic heterocycles. The lowest BCUT2D eigenvalue weighted by atomic mass is 10.1. The quantitative estimate of drug-likeness (QED) is 0.926. The Labute approximate surface area is 124 Å². The zero-order chi connectivity index (χ0) is 11.5. The van der Waals surface area contributed by atoms with Crippen LogP contribution in [0.15, 0.2) is 30.6 Å². The summed E-state index contributed by atoms with van der Waals surface area (Å²) in [4.78, 5) is 8.48. The van der Waals surface area contributed by atoms with Gasteiger partial charge in [0.25, 0.3) is 0 Å². The van der Waals surface area contributed by atoms with Gasteiger partial charge in [0.1, 0.15) is 12.4 Å². The Morgan fingerprint density at radius 2 is 1.79 bits per heavy atom. The summed E-state index contributed by atoms with van der Waals surface area (Å²) >= 11 is 0. The summed E-state index contributed by atoms with van der Waals surface area (Å²) < 4.78 is 5.98. The summed E-state index contributed by atoms with van der Waals surface area (Å²) in [6, 6.07) is 7.95. The number of hydrogen-bond donors (Lipinski definition) is 1. The van der Waals surface area contributed by atoms with Crippen LogP contribution in [0.4, 0.5) is 0 Å². The van der Waals surface area contributed by atoms with Crippen LogP contribution in [0.3, 0.4) is 0 Å². The van der Waals surface area contributed by atoms with Gasteiger partial charge in [-0.3, -0.25) is 0 Å². The first-order chi connectivity index (χ1) is 8.43. The van der Waals surface area contributed by atoms with Gasteiger partial charge in [-0.05, 0) is 38.1 Å². The second kappa shape index (κ2) is 7.48. The number of nitrogens with zero attached hydrogens (tertiary/aromatic N) is 2. The van der Waals surface area contributed by atoms with E-state index in [0.717, 1.165) is 36.8 Å². The molecule has 2 heterocycles. The fraction of sp³-hybridized carbons (Fsp3) is 0.385. The van der Waals surface area contributed by atoms with E-state index >= 15 is 0 Å². The molecule has 0 spiro atoms. The summed E-state index contributed by atoms with van der Waals surface area (Å²) in [5.41, 5.74) is 0.937. The molecule has 1 aliphatic heterocycles. The molecule has 1 N–H and O–H groups in total. The second-order valence-electron chi connectivity index (χ2n) is 4.26. The average molecular weight is 302 g/mol. The zero-order valence-electron chi connectivity index (χ0n) is 10.4. The van der Waals surface area contributed by atoms with Crippen molar-refractivity contribution in [1.29, 1.82) is 0 Å². The smallest absolute Gasteiger partial charge is 0.224 e. The molecule has 6 heteroatoms. The lowest BCUT2D eigenvalue weighted by Gasteiger charge is -2.23. The van der Waals surface area contributed by atoms with Crippen molar-refractivity contribution in [1.82, 2.24) is 15.3 Å². The fourth-order valence-electron chi connectivity index (χ4n) is 2.15. The predicted octanol–water partition coefficient (Wildman–Crippen LogP) is 2.60. The number of aromatic nitrogens is 2. The van der Waals surface area contributed by atoms with Gasteiger partial charge < -0.3 is 10.1 Å². The molecule has 0 unspecified atom stereocenters. The Kier molecular flexibility index (Phi) is 6.28. The summed E-state index contributed by atoms with van der Waals surface area (Å²) in [7, 11) is 0. The second-order valence-corrected chi connectivity index (χ2v) is 4.26. The van der Waals surface area contributed by atoms with E-state index in [4.69, 9.17) is 4.74 Å². The Morgan fingerprint density at radius 3 is 2.58 bits per heavy atom. The zero-order valence-corrected chi connectivity index (χ0v) is 12.0. The van der Waals surface area contributed by atoms with Gasteiger partial charge in [0.05, 0.1) is 10.9 Å². The van der Waals surface area contributed by atoms with E-state index in [-0.39, 0.29) is 30.9 Å². The number of hydrogen-bond acceptors (Lipinski definition) is 4. The Morgan fingerprint density at radius 1 is 1.05 bits per heavy atom. The maximum absolute atomic E-state index is 5.98. The Hall–Kier alpha value is -1.10. The van der Waals surface area contributed by atoms with E-state index in [1.807, 2.05) is 24.3 Å². The third-order valence-corrected chi connectivity index (χ3v) is 3.07. The van der Waals surface area contributed by atoms with Crippen LogP contribution in [-0.4, -0.2) is 29.2 Å². The fourth-order valence-corrected chi connectivity index (χ4v) is 2.15. The molecule has 0 atom stereocenters. The third-order valence-electron chi connectivity index (χ3n) is 3.07. The standard InChI is InChI=1S/C13H15N3O.2ClH/c1-2-4-12-11(3-1)13(16-9-15-12)17-10-5-7-14-8-6-10;;/h1-4,9-10,14H,5-8H2;2*1H. The van der Waals surface area contributed by atoms with Crippen LogP contribution in [0, 0.1) is 0 Å². The van der Waals surface area contributed by atoms with Crippen molar-refractivity contribution in [3.05, 3.63) is 30.6 Å². The molecule has 0 amide bonds. The normalized spacial score (nSPS) is 15.4. The molecule has 2 aromatic rings. The first kappa shape index (κ1) is 16.0. The van der Waals surface area contributed by atoms with Crippen molar-refractivity contribution in [3.63, 3.8) is 0 Å². The van der Waals surface area contributed by atoms with E-state index in [1.165, 1.54) is 0 Å². The maximum Gasteiger partial charge on any atom is 0.224 e. The molecular weight excluding hydrogens is 285 g/mol. The summed E-state index contributed by atoms with van der Waals surface area (Å²) in [6.45, 7) is 2.04. The largest absolute Gasteiger partial charge is 0.474 e. The Bertz CT molecular complexity index is 513. The molecule has 0 aliphatic carbocycles. The van der Waals surface area contributed by atoms with E-state index in [0.29, 0.717) is 5.88 Å². The van der Waals surface area contributed by atoms with Crippen molar-refractivity contribution in [2.45, 2.75) is 18.9 Å². The van der Waals surface area contributed by atoms with E-state index in [2.05, 4.69) is 15.3 Å². The highest BCUT2D eigenvalue weighted by molar-refractivity contribution is 5.85. The van der Waals surface area contributed by atoms with Crippen molar-refractivity contribution in [2.75, 3.05) is 13.1 Å². The van der Waals surface area contributed by atoms with Crippen molar-refractivity contribution < 1.29 is 4.74 Å². The van der Waals surface area contributed by atoms with Gasteiger partial charge in [0.15, 0.2) is 0 Å². The number of para-hydroxylation sites is 1. The van der Waals surface area contributed by atoms with Crippen LogP contribution in [-0.2, 0) is 0 Å². The van der Waals surface area contributed by atoms with Crippen molar-refractivity contribution >= 4 is 35.7 Å². The van der Waals surface area contributed by atoms with Crippen molar-refractivity contribution in [2.24, 2.45) is 0 Å². The average Bonchev–Trinajstić information content (AvgIpc) is 2.40. The topological polar surface area (TPSA) is 47.0 Å². The van der Waals surface area contributed by atoms with Crippen LogP contribution >= 0.6 is 24.8 Å². The number of fused-ring (bicyclic) bond motifs is 1. The maximum atomic E-state index is 5.98. The summed E-state index contributed by atoms with van der Waals surface area (Å²) in [5.74, 6) is 0.711. The van der Waals surface area contributed by atoms with Gasteiger partial charge >= 0.3 is 0 Å². The molecule has 3 rings (SSSR count). The predicted molar refractivity (Wildman–Crippen MR) is 80.6 cm³/mol. The third kappa shape index (κ3) is 3.69. The van der Waals surface area contributed by atoms with Gasteiger partial charge in [-0.25, -0.2) is 9.97 Å². The van der Waals surface area contributed by atoms with Gasteiger partial charge in [-0.2, -0.15) is 0 Å². The lowest BCUT2D eigenvalue weighted by molar-refractivity contribution is 0.158. The monoisotopic (exact) mass is 301 g/mol. The highest BCUT2D eigenvalue weighted by Gasteiger charge is 2.16. The molecule has 0 saturated carbocycles. The van der Waals surface area contributed by atoms with E-state index in [9.17, 15) is 0 Å². The van der Waals surface area contributed by atoms with E-state index in [1.54, 1.807) is 6.33 Å². The van der Waals surface area contributed by atoms with Crippen LogP contribution in [0.25, 0.3) is 10.9 Å². The number of ether oxygens (including phenoxy) is 1. The number of piperidine rings is 1. The van der Waals surface area contributed by atoms with Crippen LogP contribution in [0.5, 0.6) is 5.88 Å². The van der Waals surface area contributed by atoms with Crippen LogP contribution < -0.4 is 10.1 Å². The SMILES string of the molecule is Cl.Cl.c1ccc2c(OC3CCNCC3)ncnc2c1. The first-order valence-electron chi connectivity index (χ1n) is 6.00. The molecule has 1 fully saturated rings. The van der Waals surface area contributed by atoms with Gasteiger partial charge in [-0.1, -0.05) is 12.1 Å². The molecule has 1 aliphatic rings. The van der Waals surface area contributed by atoms with Gasteiger partial charge in [0.2, 0.25) is 5.88 Å². The number of rotatable bonds is 2. The summed E-state index contributed by atoms with van der Waals surface area (Å²) in [6.07, 6.45) is 3.92.